The monoisotopic (exact) mass is 496 g/mol. The van der Waals surface area contributed by atoms with Gasteiger partial charge in [0, 0.05) is 12.5 Å². The van der Waals surface area contributed by atoms with E-state index in [1.807, 2.05) is 0 Å². The molecule has 3 N–H and O–H groups in total. The van der Waals surface area contributed by atoms with Gasteiger partial charge in [-0.1, -0.05) is 29.3 Å². The molecule has 0 atom stereocenters. The highest BCUT2D eigenvalue weighted by molar-refractivity contribution is 7.87. The number of imidazole rings is 1. The number of H-pyrrole nitrogens is 1. The second-order valence-corrected chi connectivity index (χ2v) is 9.93. The summed E-state index contributed by atoms with van der Waals surface area (Å²) in [6.07, 6.45) is 3.44. The number of carbonyl (C=O) groups is 1. The summed E-state index contributed by atoms with van der Waals surface area (Å²) in [6, 6.07) is 8.92. The van der Waals surface area contributed by atoms with Crippen molar-refractivity contribution in [2.45, 2.75) is 30.6 Å². The first-order valence-electron chi connectivity index (χ1n) is 10.2. The topological polar surface area (TPSA) is 113 Å². The second kappa shape index (κ2) is 9.66. The number of piperidine rings is 1. The maximum atomic E-state index is 12.7. The van der Waals surface area contributed by atoms with Crippen LogP contribution in [0.4, 0.5) is 5.95 Å². The number of benzene rings is 2. The van der Waals surface area contributed by atoms with Gasteiger partial charge in [0.25, 0.3) is 0 Å². The minimum absolute atomic E-state index is 0.0328. The van der Waals surface area contributed by atoms with Gasteiger partial charge in [-0.3, -0.25) is 10.1 Å². The van der Waals surface area contributed by atoms with Gasteiger partial charge in [0.05, 0.1) is 21.1 Å². The van der Waals surface area contributed by atoms with E-state index in [4.69, 9.17) is 27.4 Å². The van der Waals surface area contributed by atoms with Gasteiger partial charge in [-0.05, 0) is 62.5 Å². The van der Waals surface area contributed by atoms with Crippen molar-refractivity contribution >= 4 is 56.2 Å². The Morgan fingerprint density at radius 2 is 1.88 bits per heavy atom. The molecular weight excluding hydrogens is 475 g/mol. The molecule has 0 saturated carbocycles. The van der Waals surface area contributed by atoms with Crippen molar-refractivity contribution in [3.05, 3.63) is 46.4 Å². The SMILES string of the molecule is O=C(CCC1CCNCC1)Nc1nc2ccc(OS(=O)(=O)c3c(Cl)cccc3Cl)cc2[nH]1. The largest absolute Gasteiger partial charge is 0.379 e. The van der Waals surface area contributed by atoms with Gasteiger partial charge in [0.1, 0.15) is 10.6 Å². The number of nitrogens with one attached hydrogen (secondary N) is 3. The zero-order valence-electron chi connectivity index (χ0n) is 17.0. The van der Waals surface area contributed by atoms with E-state index in [-0.39, 0.29) is 26.6 Å². The maximum absolute atomic E-state index is 12.7. The third kappa shape index (κ3) is 5.35. The van der Waals surface area contributed by atoms with Gasteiger partial charge in [-0.15, -0.1) is 0 Å². The molecule has 1 aromatic heterocycles. The highest BCUT2D eigenvalue weighted by atomic mass is 35.5. The Morgan fingerprint density at radius 1 is 1.16 bits per heavy atom. The lowest BCUT2D eigenvalue weighted by molar-refractivity contribution is -0.116. The smallest absolute Gasteiger partial charge is 0.342 e. The van der Waals surface area contributed by atoms with E-state index in [0.717, 1.165) is 32.4 Å². The Hall–Kier alpha value is -2.33. The summed E-state index contributed by atoms with van der Waals surface area (Å²) in [7, 11) is -4.25. The van der Waals surface area contributed by atoms with Crippen LogP contribution in [0.25, 0.3) is 11.0 Å². The molecule has 0 radical (unpaired) electrons. The molecule has 4 rings (SSSR count). The van der Waals surface area contributed by atoms with Gasteiger partial charge in [-0.2, -0.15) is 8.42 Å². The van der Waals surface area contributed by atoms with Crippen molar-refractivity contribution < 1.29 is 17.4 Å². The molecule has 8 nitrogen and oxygen atoms in total. The Bertz CT molecular complexity index is 1220. The van der Waals surface area contributed by atoms with Crippen LogP contribution >= 0.6 is 23.2 Å². The molecule has 32 heavy (non-hydrogen) atoms. The van der Waals surface area contributed by atoms with Crippen LogP contribution in [-0.2, 0) is 14.9 Å². The number of fused-ring (bicyclic) bond motifs is 1. The molecule has 1 saturated heterocycles. The fraction of sp³-hybridized carbons (Fsp3) is 0.333. The predicted molar refractivity (Wildman–Crippen MR) is 124 cm³/mol. The molecule has 0 aliphatic carbocycles. The lowest BCUT2D eigenvalue weighted by Crippen LogP contribution is -2.28. The van der Waals surface area contributed by atoms with Gasteiger partial charge in [-0.25, -0.2) is 4.98 Å². The molecule has 0 bridgehead atoms. The number of nitrogens with zero attached hydrogens (tertiary/aromatic N) is 1. The molecule has 0 unspecified atom stereocenters. The quantitative estimate of drug-likeness (QED) is 0.418. The summed E-state index contributed by atoms with van der Waals surface area (Å²) >= 11 is 12.0. The van der Waals surface area contributed by atoms with Crippen LogP contribution in [0.2, 0.25) is 10.0 Å². The third-order valence-electron chi connectivity index (χ3n) is 5.32. The van der Waals surface area contributed by atoms with Gasteiger partial charge in [0.15, 0.2) is 0 Å². The minimum atomic E-state index is -4.25. The number of rotatable bonds is 7. The fourth-order valence-electron chi connectivity index (χ4n) is 3.69. The second-order valence-electron chi connectivity index (χ2n) is 7.63. The molecule has 1 fully saturated rings. The summed E-state index contributed by atoms with van der Waals surface area (Å²) in [6.45, 7) is 2.00. The summed E-state index contributed by atoms with van der Waals surface area (Å²) in [5.74, 6) is 0.798. The number of aromatic amines is 1. The summed E-state index contributed by atoms with van der Waals surface area (Å²) in [5.41, 5.74) is 1.07. The third-order valence-corrected chi connectivity index (χ3v) is 7.53. The van der Waals surface area contributed by atoms with Gasteiger partial charge in [0.2, 0.25) is 11.9 Å². The summed E-state index contributed by atoms with van der Waals surface area (Å²) in [4.78, 5) is 19.3. The molecule has 1 aliphatic heterocycles. The molecule has 1 aliphatic rings. The highest BCUT2D eigenvalue weighted by Crippen LogP contribution is 2.32. The Balaban J connectivity index is 1.44. The fourth-order valence-corrected chi connectivity index (χ4v) is 5.71. The number of hydrogen-bond donors (Lipinski definition) is 3. The van der Waals surface area contributed by atoms with E-state index >= 15 is 0 Å². The van der Waals surface area contributed by atoms with Crippen molar-refractivity contribution in [2.24, 2.45) is 5.92 Å². The van der Waals surface area contributed by atoms with E-state index in [2.05, 4.69) is 20.6 Å². The van der Waals surface area contributed by atoms with Crippen LogP contribution < -0.4 is 14.8 Å². The standard InChI is InChI=1S/C21H22Cl2N4O4S/c22-15-2-1-3-16(23)20(15)32(29,30)31-14-5-6-17-18(12-14)26-21(25-17)27-19(28)7-4-13-8-10-24-11-9-13/h1-3,5-6,12-13,24H,4,7-11H2,(H2,25,26,27,28). The van der Waals surface area contributed by atoms with Crippen LogP contribution in [0, 0.1) is 5.92 Å². The average Bonchev–Trinajstić information content (AvgIpc) is 3.13. The van der Waals surface area contributed by atoms with Crippen molar-refractivity contribution in [3.63, 3.8) is 0 Å². The normalized spacial score (nSPS) is 15.1. The summed E-state index contributed by atoms with van der Waals surface area (Å²) < 4.78 is 30.5. The highest BCUT2D eigenvalue weighted by Gasteiger charge is 2.24. The summed E-state index contributed by atoms with van der Waals surface area (Å²) in [5, 5.41) is 6.01. The molecule has 3 aromatic rings. The average molecular weight is 497 g/mol. The number of hydrogen-bond acceptors (Lipinski definition) is 6. The Kier molecular flexibility index (Phi) is 6.90. The minimum Gasteiger partial charge on any atom is -0.379 e. The molecule has 2 heterocycles. The van der Waals surface area contributed by atoms with Gasteiger partial charge >= 0.3 is 10.1 Å². The predicted octanol–water partition coefficient (Wildman–Crippen LogP) is 4.36. The van der Waals surface area contributed by atoms with Crippen LogP contribution in [0.1, 0.15) is 25.7 Å². The maximum Gasteiger partial charge on any atom is 0.342 e. The van der Waals surface area contributed by atoms with E-state index in [9.17, 15) is 13.2 Å². The lowest BCUT2D eigenvalue weighted by atomic mass is 9.93. The number of amides is 1. The first kappa shape index (κ1) is 22.8. The number of halogens is 2. The zero-order chi connectivity index (χ0) is 22.7. The Morgan fingerprint density at radius 3 is 2.59 bits per heavy atom. The van der Waals surface area contributed by atoms with Crippen LogP contribution in [0.3, 0.4) is 0 Å². The van der Waals surface area contributed by atoms with Crippen molar-refractivity contribution in [2.75, 3.05) is 18.4 Å². The molecule has 11 heteroatoms. The number of anilines is 1. The van der Waals surface area contributed by atoms with Crippen LogP contribution in [-0.4, -0.2) is 37.4 Å². The molecule has 0 spiro atoms. The van der Waals surface area contributed by atoms with E-state index in [1.54, 1.807) is 12.1 Å². The Labute approximate surface area is 195 Å². The van der Waals surface area contributed by atoms with Crippen LogP contribution in [0.15, 0.2) is 41.3 Å². The molecule has 170 valence electrons. The first-order chi connectivity index (χ1) is 15.3. The first-order valence-corrected chi connectivity index (χ1v) is 12.4. The molecule has 2 aromatic carbocycles. The van der Waals surface area contributed by atoms with Crippen molar-refractivity contribution in [1.82, 2.24) is 15.3 Å². The molecular formula is C21H22Cl2N4O4S. The van der Waals surface area contributed by atoms with Gasteiger partial charge < -0.3 is 14.5 Å². The van der Waals surface area contributed by atoms with E-state index < -0.39 is 10.1 Å². The van der Waals surface area contributed by atoms with Crippen molar-refractivity contribution in [3.8, 4) is 5.75 Å². The molecule has 1 amide bonds. The van der Waals surface area contributed by atoms with Crippen LogP contribution in [0.5, 0.6) is 5.75 Å². The number of carbonyl (C=O) groups excluding carboxylic acids is 1. The lowest BCUT2D eigenvalue weighted by Gasteiger charge is -2.21. The number of aromatic nitrogens is 2. The van der Waals surface area contributed by atoms with E-state index in [0.29, 0.717) is 29.3 Å². The van der Waals surface area contributed by atoms with Crippen molar-refractivity contribution in [1.29, 1.82) is 0 Å². The zero-order valence-corrected chi connectivity index (χ0v) is 19.4. The van der Waals surface area contributed by atoms with E-state index in [1.165, 1.54) is 24.3 Å².